The maximum Gasteiger partial charge on any atom is 0.251 e. The van der Waals surface area contributed by atoms with Crippen LogP contribution in [-0.4, -0.2) is 23.2 Å². The lowest BCUT2D eigenvalue weighted by Gasteiger charge is -2.10. The predicted molar refractivity (Wildman–Crippen MR) is 119 cm³/mol. The highest BCUT2D eigenvalue weighted by Gasteiger charge is 2.11. The van der Waals surface area contributed by atoms with E-state index in [0.717, 1.165) is 33.6 Å². The molecule has 0 aliphatic rings. The second-order valence-electron chi connectivity index (χ2n) is 7.27. The number of nitrogens with one attached hydrogen (secondary N) is 1. The second-order valence-corrected chi connectivity index (χ2v) is 7.27. The van der Waals surface area contributed by atoms with Crippen molar-refractivity contribution < 1.29 is 13.9 Å². The molecule has 4 rings (SSSR count). The van der Waals surface area contributed by atoms with E-state index in [9.17, 15) is 4.79 Å². The van der Waals surface area contributed by atoms with Crippen molar-refractivity contribution in [2.24, 2.45) is 0 Å². The topological polar surface area (TPSA) is 77.2 Å². The molecule has 1 amide bonds. The fourth-order valence-electron chi connectivity index (χ4n) is 3.35. The van der Waals surface area contributed by atoms with Crippen molar-refractivity contribution in [3.05, 3.63) is 89.3 Å². The molecule has 0 radical (unpaired) electrons. The van der Waals surface area contributed by atoms with E-state index < -0.39 is 0 Å². The summed E-state index contributed by atoms with van der Waals surface area (Å²) < 4.78 is 10.8. The van der Waals surface area contributed by atoms with Gasteiger partial charge in [0.15, 0.2) is 0 Å². The van der Waals surface area contributed by atoms with Crippen LogP contribution in [0.3, 0.4) is 0 Å². The number of nitrogens with zero attached hydrogens (tertiary/aromatic N) is 2. The summed E-state index contributed by atoms with van der Waals surface area (Å²) >= 11 is 0. The number of methoxy groups -OCH3 is 1. The quantitative estimate of drug-likeness (QED) is 0.483. The van der Waals surface area contributed by atoms with Crippen LogP contribution in [-0.2, 0) is 6.54 Å². The van der Waals surface area contributed by atoms with E-state index in [0.29, 0.717) is 23.9 Å². The average molecular weight is 413 g/mol. The van der Waals surface area contributed by atoms with Gasteiger partial charge in [0.2, 0.25) is 11.8 Å². The van der Waals surface area contributed by atoms with Crippen LogP contribution >= 0.6 is 0 Å². The third-order valence-corrected chi connectivity index (χ3v) is 5.06. The molecule has 0 aliphatic carbocycles. The van der Waals surface area contributed by atoms with Crippen molar-refractivity contribution in [2.45, 2.75) is 20.4 Å². The highest BCUT2D eigenvalue weighted by atomic mass is 16.5. The number of aryl methyl sites for hydroxylation is 2. The lowest BCUT2D eigenvalue weighted by atomic mass is 9.97. The lowest BCUT2D eigenvalue weighted by Crippen LogP contribution is -2.22. The van der Waals surface area contributed by atoms with Gasteiger partial charge in [-0.15, -0.1) is 10.2 Å². The third-order valence-electron chi connectivity index (χ3n) is 5.06. The molecule has 31 heavy (non-hydrogen) atoms. The zero-order chi connectivity index (χ0) is 21.8. The van der Waals surface area contributed by atoms with Crippen molar-refractivity contribution in [3.8, 4) is 28.3 Å². The van der Waals surface area contributed by atoms with E-state index in [1.165, 1.54) is 0 Å². The van der Waals surface area contributed by atoms with E-state index in [1.54, 1.807) is 14.0 Å². The van der Waals surface area contributed by atoms with Gasteiger partial charge in [-0.05, 0) is 65.6 Å². The highest BCUT2D eigenvalue weighted by molar-refractivity contribution is 5.94. The molecule has 0 unspecified atom stereocenters. The first-order chi connectivity index (χ1) is 15.0. The molecule has 0 saturated heterocycles. The summed E-state index contributed by atoms with van der Waals surface area (Å²) in [6.45, 7) is 4.25. The minimum atomic E-state index is -0.124. The van der Waals surface area contributed by atoms with Gasteiger partial charge in [-0.25, -0.2) is 0 Å². The maximum absolute atomic E-state index is 12.6. The van der Waals surface area contributed by atoms with Crippen LogP contribution in [0.15, 0.2) is 71.1 Å². The zero-order valence-electron chi connectivity index (χ0n) is 17.7. The number of hydrogen-bond acceptors (Lipinski definition) is 5. The number of hydrogen-bond donors (Lipinski definition) is 1. The van der Waals surface area contributed by atoms with Crippen LogP contribution in [0.1, 0.15) is 27.4 Å². The molecule has 6 nitrogen and oxygen atoms in total. The molecular weight excluding hydrogens is 390 g/mol. The number of ether oxygens (including phenoxy) is 1. The van der Waals surface area contributed by atoms with Gasteiger partial charge >= 0.3 is 0 Å². The Labute approximate surface area is 180 Å². The van der Waals surface area contributed by atoms with Gasteiger partial charge in [0, 0.05) is 24.6 Å². The van der Waals surface area contributed by atoms with Crippen molar-refractivity contribution in [1.29, 1.82) is 0 Å². The monoisotopic (exact) mass is 413 g/mol. The van der Waals surface area contributed by atoms with Crippen LogP contribution in [0.4, 0.5) is 0 Å². The number of aromatic nitrogens is 2. The fraction of sp³-hybridized carbons (Fsp3) is 0.160. The maximum atomic E-state index is 12.6. The van der Waals surface area contributed by atoms with Crippen LogP contribution in [0.25, 0.3) is 22.6 Å². The Bertz CT molecular complexity index is 1210. The molecule has 3 aromatic carbocycles. The van der Waals surface area contributed by atoms with Gasteiger partial charge in [0.05, 0.1) is 7.11 Å². The Morgan fingerprint density at radius 3 is 2.45 bits per heavy atom. The summed E-state index contributed by atoms with van der Waals surface area (Å²) in [6.07, 6.45) is 0. The third kappa shape index (κ3) is 4.64. The van der Waals surface area contributed by atoms with E-state index in [-0.39, 0.29) is 5.91 Å². The van der Waals surface area contributed by atoms with E-state index in [4.69, 9.17) is 9.15 Å². The normalized spacial score (nSPS) is 10.7. The molecule has 0 bridgehead atoms. The molecule has 1 N–H and O–H groups in total. The van der Waals surface area contributed by atoms with Crippen LogP contribution in [0.5, 0.6) is 5.75 Å². The van der Waals surface area contributed by atoms with Crippen LogP contribution in [0, 0.1) is 13.8 Å². The summed E-state index contributed by atoms with van der Waals surface area (Å²) in [7, 11) is 1.62. The molecule has 1 heterocycles. The summed E-state index contributed by atoms with van der Waals surface area (Å²) in [5.74, 6) is 1.67. The average Bonchev–Trinajstić information content (AvgIpc) is 3.24. The van der Waals surface area contributed by atoms with E-state index in [1.807, 2.05) is 73.7 Å². The Morgan fingerprint density at radius 1 is 0.968 bits per heavy atom. The van der Waals surface area contributed by atoms with Crippen molar-refractivity contribution in [1.82, 2.24) is 15.5 Å². The first-order valence-electron chi connectivity index (χ1n) is 9.96. The van der Waals surface area contributed by atoms with Gasteiger partial charge < -0.3 is 14.5 Å². The van der Waals surface area contributed by atoms with Crippen molar-refractivity contribution in [2.75, 3.05) is 7.11 Å². The summed E-state index contributed by atoms with van der Waals surface area (Å²) in [6, 6.07) is 21.2. The Balaban J connectivity index is 1.49. The van der Waals surface area contributed by atoms with E-state index >= 15 is 0 Å². The number of rotatable bonds is 6. The molecule has 4 aromatic rings. The number of amides is 1. The summed E-state index contributed by atoms with van der Waals surface area (Å²) in [4.78, 5) is 12.6. The van der Waals surface area contributed by atoms with Gasteiger partial charge in [-0.3, -0.25) is 4.79 Å². The molecule has 0 atom stereocenters. The first kappa shape index (κ1) is 20.3. The van der Waals surface area contributed by atoms with Gasteiger partial charge in [0.25, 0.3) is 5.91 Å². The lowest BCUT2D eigenvalue weighted by molar-refractivity contribution is 0.0951. The first-order valence-corrected chi connectivity index (χ1v) is 9.96. The second kappa shape index (κ2) is 8.83. The Morgan fingerprint density at radius 2 is 1.74 bits per heavy atom. The van der Waals surface area contributed by atoms with Crippen LogP contribution < -0.4 is 10.1 Å². The Hall–Kier alpha value is -3.93. The standard InChI is InChI=1S/C25H23N3O3/c1-16-7-8-21(25-28-27-17(2)31-25)14-23(16)19-9-11-20(12-10-19)24(29)26-15-18-5-4-6-22(13-18)30-3/h4-14H,15H2,1-3H3,(H,26,29). The smallest absolute Gasteiger partial charge is 0.251 e. The minimum Gasteiger partial charge on any atom is -0.497 e. The van der Waals surface area contributed by atoms with Gasteiger partial charge in [0.1, 0.15) is 5.75 Å². The molecule has 156 valence electrons. The fourth-order valence-corrected chi connectivity index (χ4v) is 3.35. The van der Waals surface area contributed by atoms with E-state index in [2.05, 4.69) is 15.5 Å². The number of carbonyl (C=O) groups is 1. The molecular formula is C25H23N3O3. The predicted octanol–water partition coefficient (Wildman–Crippen LogP) is 4.96. The molecule has 0 saturated carbocycles. The SMILES string of the molecule is COc1cccc(CNC(=O)c2ccc(-c3cc(-c4nnc(C)o4)ccc3C)cc2)c1. The zero-order valence-corrected chi connectivity index (χ0v) is 17.7. The summed E-state index contributed by atoms with van der Waals surface area (Å²) in [5.41, 5.74) is 5.63. The molecule has 1 aromatic heterocycles. The van der Waals surface area contributed by atoms with Gasteiger partial charge in [-0.2, -0.15) is 0 Å². The molecule has 0 aliphatic heterocycles. The van der Waals surface area contributed by atoms with Gasteiger partial charge in [-0.1, -0.05) is 30.3 Å². The van der Waals surface area contributed by atoms with Crippen LogP contribution in [0.2, 0.25) is 0 Å². The highest BCUT2D eigenvalue weighted by Crippen LogP contribution is 2.29. The molecule has 0 fully saturated rings. The largest absolute Gasteiger partial charge is 0.497 e. The number of benzene rings is 3. The molecule has 0 spiro atoms. The van der Waals surface area contributed by atoms with Crippen molar-refractivity contribution >= 4 is 5.91 Å². The Kier molecular flexibility index (Phi) is 5.80. The van der Waals surface area contributed by atoms with Crippen molar-refractivity contribution in [3.63, 3.8) is 0 Å². The minimum absolute atomic E-state index is 0.124. The number of carbonyl (C=O) groups excluding carboxylic acids is 1. The summed E-state index contributed by atoms with van der Waals surface area (Å²) in [5, 5.41) is 10.9. The molecule has 6 heteroatoms.